The number of ether oxygens (including phenoxy) is 2. The van der Waals surface area contributed by atoms with Gasteiger partial charge in [0.25, 0.3) is 0 Å². The van der Waals surface area contributed by atoms with Crippen LogP contribution >= 0.6 is 11.6 Å². The number of nitrogens with zero attached hydrogens (tertiary/aromatic N) is 2. The van der Waals surface area contributed by atoms with E-state index >= 15 is 0 Å². The number of rotatable bonds is 3. The maximum absolute atomic E-state index is 10.9. The van der Waals surface area contributed by atoms with Gasteiger partial charge in [0.2, 0.25) is 0 Å². The van der Waals surface area contributed by atoms with Gasteiger partial charge < -0.3 is 14.6 Å². The average Bonchev–Trinajstić information content (AvgIpc) is 3.03. The topological polar surface area (TPSA) is 56.5 Å². The molecule has 2 aliphatic rings. The molecule has 0 amide bonds. The normalized spacial score (nSPS) is 23.8. The van der Waals surface area contributed by atoms with Gasteiger partial charge in [-0.25, -0.2) is 0 Å². The zero-order valence-corrected chi connectivity index (χ0v) is 13.4. The van der Waals surface area contributed by atoms with Crippen molar-refractivity contribution in [3.8, 4) is 0 Å². The second kappa shape index (κ2) is 5.54. The molecular weight excluding hydrogens is 292 g/mol. The molecule has 3 rings (SSSR count). The molecule has 2 fully saturated rings. The smallest absolute Gasteiger partial charge is 0.168 e. The average molecular weight is 315 g/mol. The fourth-order valence-corrected chi connectivity index (χ4v) is 3.74. The quantitative estimate of drug-likeness (QED) is 0.929. The van der Waals surface area contributed by atoms with Crippen LogP contribution in [0.2, 0.25) is 5.02 Å². The Hall–Kier alpha value is -0.620. The Bertz CT molecular complexity index is 513. The molecule has 6 heteroatoms. The fraction of sp³-hybridized carbons (Fsp3) is 0.800. The van der Waals surface area contributed by atoms with Crippen LogP contribution in [-0.2, 0) is 29.4 Å². The SMILES string of the molecule is CCc1nn(C)c(CC2(O)CCC3(CC2)OCCO3)c1Cl. The van der Waals surface area contributed by atoms with Crippen molar-refractivity contribution in [3.05, 3.63) is 16.4 Å². The molecule has 0 bridgehead atoms. The molecule has 1 aromatic heterocycles. The van der Waals surface area contributed by atoms with Crippen molar-refractivity contribution < 1.29 is 14.6 Å². The highest BCUT2D eigenvalue weighted by atomic mass is 35.5. The van der Waals surface area contributed by atoms with E-state index in [4.69, 9.17) is 21.1 Å². The second-order valence-corrected chi connectivity index (χ2v) is 6.57. The van der Waals surface area contributed by atoms with E-state index in [1.165, 1.54) is 0 Å². The van der Waals surface area contributed by atoms with Crippen LogP contribution in [0.4, 0.5) is 0 Å². The molecule has 0 atom stereocenters. The number of aliphatic hydroxyl groups is 1. The van der Waals surface area contributed by atoms with Gasteiger partial charge in [0.05, 0.1) is 35.2 Å². The summed E-state index contributed by atoms with van der Waals surface area (Å²) in [5, 5.41) is 16.0. The minimum absolute atomic E-state index is 0.447. The molecule has 2 heterocycles. The van der Waals surface area contributed by atoms with E-state index in [0.717, 1.165) is 30.7 Å². The number of aromatic nitrogens is 2. The zero-order chi connectivity index (χ0) is 15.1. The highest BCUT2D eigenvalue weighted by molar-refractivity contribution is 6.31. The van der Waals surface area contributed by atoms with Gasteiger partial charge in [-0.2, -0.15) is 5.10 Å². The molecule has 21 heavy (non-hydrogen) atoms. The molecule has 118 valence electrons. The van der Waals surface area contributed by atoms with Crippen molar-refractivity contribution in [2.24, 2.45) is 7.05 Å². The van der Waals surface area contributed by atoms with Crippen molar-refractivity contribution >= 4 is 11.6 Å². The third kappa shape index (κ3) is 2.84. The molecule has 1 N–H and O–H groups in total. The van der Waals surface area contributed by atoms with Gasteiger partial charge in [-0.1, -0.05) is 18.5 Å². The van der Waals surface area contributed by atoms with Crippen LogP contribution < -0.4 is 0 Å². The summed E-state index contributed by atoms with van der Waals surface area (Å²) in [4.78, 5) is 0. The molecule has 0 aromatic carbocycles. The van der Waals surface area contributed by atoms with Gasteiger partial charge in [0.1, 0.15) is 0 Å². The number of hydrogen-bond donors (Lipinski definition) is 1. The first-order valence-corrected chi connectivity index (χ1v) is 8.05. The lowest BCUT2D eigenvalue weighted by atomic mass is 9.78. The van der Waals surface area contributed by atoms with Crippen molar-refractivity contribution in [1.82, 2.24) is 9.78 Å². The fourth-order valence-electron chi connectivity index (χ4n) is 3.38. The Morgan fingerprint density at radius 1 is 1.24 bits per heavy atom. The lowest BCUT2D eigenvalue weighted by Gasteiger charge is -2.40. The van der Waals surface area contributed by atoms with Crippen LogP contribution in [0.25, 0.3) is 0 Å². The summed E-state index contributed by atoms with van der Waals surface area (Å²) in [6.07, 6.45) is 4.13. The van der Waals surface area contributed by atoms with Gasteiger partial charge in [0, 0.05) is 26.3 Å². The standard InChI is InChI=1S/C15H23ClN2O3/c1-3-11-13(16)12(18(2)17-11)10-14(19)4-6-15(7-5-14)20-8-9-21-15/h19H,3-10H2,1-2H3. The summed E-state index contributed by atoms with van der Waals surface area (Å²) in [6, 6.07) is 0. The maximum Gasteiger partial charge on any atom is 0.168 e. The minimum atomic E-state index is -0.747. The van der Waals surface area contributed by atoms with Crippen LogP contribution in [0, 0.1) is 0 Å². The molecular formula is C15H23ClN2O3. The van der Waals surface area contributed by atoms with Gasteiger partial charge in [-0.3, -0.25) is 4.68 Å². The minimum Gasteiger partial charge on any atom is -0.389 e. The van der Waals surface area contributed by atoms with E-state index < -0.39 is 11.4 Å². The largest absolute Gasteiger partial charge is 0.389 e. The van der Waals surface area contributed by atoms with Gasteiger partial charge in [-0.15, -0.1) is 0 Å². The summed E-state index contributed by atoms with van der Waals surface area (Å²) in [6.45, 7) is 3.35. The number of aryl methyl sites for hydroxylation is 2. The molecule has 0 radical (unpaired) electrons. The van der Waals surface area contributed by atoms with Crippen molar-refractivity contribution in [2.45, 2.75) is 56.8 Å². The first-order valence-electron chi connectivity index (χ1n) is 7.67. The molecule has 1 saturated carbocycles. The molecule has 1 aliphatic carbocycles. The molecule has 5 nitrogen and oxygen atoms in total. The predicted octanol–water partition coefficient (Wildman–Crippen LogP) is 2.23. The van der Waals surface area contributed by atoms with Gasteiger partial charge in [-0.05, 0) is 19.3 Å². The van der Waals surface area contributed by atoms with Crippen LogP contribution in [0.15, 0.2) is 0 Å². The van der Waals surface area contributed by atoms with Crippen molar-refractivity contribution in [3.63, 3.8) is 0 Å². The third-order valence-electron chi connectivity index (χ3n) is 4.76. The maximum atomic E-state index is 10.9. The first-order chi connectivity index (χ1) is 9.97. The number of halogens is 1. The molecule has 1 aliphatic heterocycles. The Labute approximate surface area is 130 Å². The van der Waals surface area contributed by atoms with E-state index in [1.807, 2.05) is 14.0 Å². The number of hydrogen-bond acceptors (Lipinski definition) is 4. The lowest BCUT2D eigenvalue weighted by Crippen LogP contribution is -2.45. The van der Waals surface area contributed by atoms with Gasteiger partial charge in [0.15, 0.2) is 5.79 Å². The Morgan fingerprint density at radius 2 is 1.86 bits per heavy atom. The van der Waals surface area contributed by atoms with Crippen LogP contribution in [0.5, 0.6) is 0 Å². The summed E-state index contributed by atoms with van der Waals surface area (Å²) in [7, 11) is 1.89. The van der Waals surface area contributed by atoms with E-state index in [0.29, 0.717) is 37.5 Å². The summed E-state index contributed by atoms with van der Waals surface area (Å²) < 4.78 is 13.2. The van der Waals surface area contributed by atoms with E-state index in [-0.39, 0.29) is 0 Å². The Balaban J connectivity index is 1.72. The lowest BCUT2D eigenvalue weighted by molar-refractivity contribution is -0.202. The highest BCUT2D eigenvalue weighted by Crippen LogP contribution is 2.42. The van der Waals surface area contributed by atoms with Crippen molar-refractivity contribution in [2.75, 3.05) is 13.2 Å². The van der Waals surface area contributed by atoms with Gasteiger partial charge >= 0.3 is 0 Å². The second-order valence-electron chi connectivity index (χ2n) is 6.19. The molecule has 1 spiro atoms. The zero-order valence-electron chi connectivity index (χ0n) is 12.7. The van der Waals surface area contributed by atoms with E-state index in [1.54, 1.807) is 4.68 Å². The summed E-state index contributed by atoms with van der Waals surface area (Å²) in [5.74, 6) is -0.447. The Kier molecular flexibility index (Phi) is 4.03. The molecule has 1 saturated heterocycles. The first kappa shape index (κ1) is 15.3. The summed E-state index contributed by atoms with van der Waals surface area (Å²) in [5.41, 5.74) is 1.07. The third-order valence-corrected chi connectivity index (χ3v) is 5.19. The monoisotopic (exact) mass is 314 g/mol. The molecule has 0 unspecified atom stereocenters. The van der Waals surface area contributed by atoms with Crippen LogP contribution in [-0.4, -0.2) is 39.5 Å². The predicted molar refractivity (Wildman–Crippen MR) is 79.4 cm³/mol. The van der Waals surface area contributed by atoms with E-state index in [9.17, 15) is 5.11 Å². The van der Waals surface area contributed by atoms with Crippen molar-refractivity contribution in [1.29, 1.82) is 0 Å². The Morgan fingerprint density at radius 3 is 2.38 bits per heavy atom. The summed E-state index contributed by atoms with van der Waals surface area (Å²) >= 11 is 6.39. The van der Waals surface area contributed by atoms with Crippen LogP contribution in [0.1, 0.15) is 44.0 Å². The van der Waals surface area contributed by atoms with E-state index in [2.05, 4.69) is 5.10 Å². The molecule has 1 aromatic rings. The van der Waals surface area contributed by atoms with Crippen LogP contribution in [0.3, 0.4) is 0 Å². The highest BCUT2D eigenvalue weighted by Gasteiger charge is 2.46.